The average Bonchev–Trinajstić information content (AvgIpc) is 3.06. The SMILES string of the molecule is CCC(/C=C/C(C)C1CCC2C3=CC[C@H]4C[C@@H](O)CCC4(C)C3CCC21C)C(C)C. The molecule has 0 saturated heterocycles. The minimum atomic E-state index is -0.0480. The van der Waals surface area contributed by atoms with Crippen LogP contribution >= 0.6 is 0 Å². The van der Waals surface area contributed by atoms with E-state index in [1.807, 2.05) is 5.57 Å². The van der Waals surface area contributed by atoms with Gasteiger partial charge in [0.1, 0.15) is 0 Å². The van der Waals surface area contributed by atoms with Crippen LogP contribution in [0.4, 0.5) is 0 Å². The second-order valence-electron chi connectivity index (χ2n) is 12.5. The lowest BCUT2D eigenvalue weighted by atomic mass is 9.47. The molecule has 4 aliphatic carbocycles. The van der Waals surface area contributed by atoms with Gasteiger partial charge >= 0.3 is 0 Å². The van der Waals surface area contributed by atoms with Crippen molar-refractivity contribution in [1.82, 2.24) is 0 Å². The van der Waals surface area contributed by atoms with Crippen LogP contribution in [0.15, 0.2) is 23.8 Å². The summed E-state index contributed by atoms with van der Waals surface area (Å²) in [6.07, 6.45) is 19.2. The fourth-order valence-electron chi connectivity index (χ4n) is 8.68. The van der Waals surface area contributed by atoms with Gasteiger partial charge < -0.3 is 5.11 Å². The highest BCUT2D eigenvalue weighted by Crippen LogP contribution is 2.66. The molecule has 7 unspecified atom stereocenters. The lowest BCUT2D eigenvalue weighted by molar-refractivity contribution is -0.0414. The van der Waals surface area contributed by atoms with Crippen molar-refractivity contribution >= 4 is 0 Å². The predicted molar refractivity (Wildman–Crippen MR) is 128 cm³/mol. The van der Waals surface area contributed by atoms with Crippen molar-refractivity contribution in [2.75, 3.05) is 0 Å². The highest BCUT2D eigenvalue weighted by Gasteiger charge is 2.57. The predicted octanol–water partition coefficient (Wildman–Crippen LogP) is 7.80. The van der Waals surface area contributed by atoms with Crippen molar-refractivity contribution < 1.29 is 5.11 Å². The van der Waals surface area contributed by atoms with Crippen LogP contribution in [0.2, 0.25) is 0 Å². The minimum absolute atomic E-state index is 0.0480. The summed E-state index contributed by atoms with van der Waals surface area (Å²) in [4.78, 5) is 0. The van der Waals surface area contributed by atoms with Crippen LogP contribution in [0.3, 0.4) is 0 Å². The van der Waals surface area contributed by atoms with Gasteiger partial charge in [-0.3, -0.25) is 0 Å². The Balaban J connectivity index is 1.53. The highest BCUT2D eigenvalue weighted by atomic mass is 16.3. The number of hydrogen-bond donors (Lipinski definition) is 1. The molecule has 0 aromatic heterocycles. The third-order valence-electron chi connectivity index (χ3n) is 10.7. The molecular formula is C29H48O. The van der Waals surface area contributed by atoms with E-state index in [2.05, 4.69) is 59.8 Å². The lowest BCUT2D eigenvalue weighted by Gasteiger charge is -2.57. The first-order chi connectivity index (χ1) is 14.2. The van der Waals surface area contributed by atoms with Gasteiger partial charge in [0.05, 0.1) is 6.10 Å². The number of aliphatic hydroxyl groups is 1. The van der Waals surface area contributed by atoms with Crippen molar-refractivity contribution in [3.63, 3.8) is 0 Å². The van der Waals surface area contributed by atoms with Crippen molar-refractivity contribution in [3.05, 3.63) is 23.8 Å². The maximum atomic E-state index is 10.3. The second-order valence-corrected chi connectivity index (χ2v) is 12.5. The Labute approximate surface area is 186 Å². The Morgan fingerprint density at radius 1 is 1.00 bits per heavy atom. The number of fused-ring (bicyclic) bond motifs is 5. The first-order valence-electron chi connectivity index (χ1n) is 13.3. The maximum Gasteiger partial charge on any atom is 0.0543 e. The molecule has 0 amide bonds. The number of rotatable bonds is 5. The Kier molecular flexibility index (Phi) is 6.35. The highest BCUT2D eigenvalue weighted by molar-refractivity contribution is 5.28. The molecule has 0 heterocycles. The molecule has 1 heteroatoms. The van der Waals surface area contributed by atoms with Crippen LogP contribution in [0.1, 0.15) is 99.3 Å². The van der Waals surface area contributed by atoms with Gasteiger partial charge in [-0.15, -0.1) is 0 Å². The number of allylic oxidation sites excluding steroid dienone is 4. The molecule has 1 nitrogen and oxygen atoms in total. The summed E-state index contributed by atoms with van der Waals surface area (Å²) in [5.41, 5.74) is 2.79. The van der Waals surface area contributed by atoms with Crippen molar-refractivity contribution in [3.8, 4) is 0 Å². The van der Waals surface area contributed by atoms with Gasteiger partial charge in [0.15, 0.2) is 0 Å². The van der Waals surface area contributed by atoms with E-state index in [0.717, 1.165) is 42.4 Å². The molecule has 0 spiro atoms. The largest absolute Gasteiger partial charge is 0.393 e. The summed E-state index contributed by atoms with van der Waals surface area (Å²) in [6.45, 7) is 14.8. The smallest absolute Gasteiger partial charge is 0.0543 e. The van der Waals surface area contributed by atoms with Crippen LogP contribution in [-0.2, 0) is 0 Å². The van der Waals surface area contributed by atoms with E-state index in [0.29, 0.717) is 22.7 Å². The van der Waals surface area contributed by atoms with Gasteiger partial charge in [-0.1, -0.05) is 65.3 Å². The molecule has 9 atom stereocenters. The summed E-state index contributed by atoms with van der Waals surface area (Å²) in [5, 5.41) is 10.3. The molecule has 0 aromatic rings. The fraction of sp³-hybridized carbons (Fsp3) is 0.862. The molecule has 0 bridgehead atoms. The molecule has 3 saturated carbocycles. The van der Waals surface area contributed by atoms with E-state index in [1.165, 1.54) is 44.9 Å². The summed E-state index contributed by atoms with van der Waals surface area (Å²) in [7, 11) is 0. The summed E-state index contributed by atoms with van der Waals surface area (Å²) in [6, 6.07) is 0. The summed E-state index contributed by atoms with van der Waals surface area (Å²) < 4.78 is 0. The Morgan fingerprint density at radius 3 is 2.40 bits per heavy atom. The molecule has 170 valence electrons. The molecule has 0 aromatic carbocycles. The third-order valence-corrected chi connectivity index (χ3v) is 10.7. The zero-order valence-corrected chi connectivity index (χ0v) is 20.7. The molecule has 4 rings (SSSR count). The summed E-state index contributed by atoms with van der Waals surface area (Å²) >= 11 is 0. The topological polar surface area (TPSA) is 20.2 Å². The first-order valence-corrected chi connectivity index (χ1v) is 13.3. The van der Waals surface area contributed by atoms with Gasteiger partial charge in [-0.25, -0.2) is 0 Å². The Morgan fingerprint density at radius 2 is 1.70 bits per heavy atom. The van der Waals surface area contributed by atoms with E-state index in [-0.39, 0.29) is 6.10 Å². The standard InChI is InChI=1S/C29H48O/c1-7-21(19(2)3)9-8-20(4)25-12-13-26-24-11-10-22-18-23(30)14-16-28(22,5)27(24)15-17-29(25,26)6/h8-9,11,19-23,25-27,30H,7,10,12-18H2,1-6H3/b9-8+/t20?,21?,22-,23-,25?,26?,27?,28?,29?/m0/s1. The van der Waals surface area contributed by atoms with Crippen molar-refractivity contribution in [2.45, 2.75) is 105 Å². The van der Waals surface area contributed by atoms with Crippen LogP contribution in [0.25, 0.3) is 0 Å². The Bertz CT molecular complexity index is 674. The van der Waals surface area contributed by atoms with E-state index < -0.39 is 0 Å². The van der Waals surface area contributed by atoms with E-state index in [4.69, 9.17) is 0 Å². The molecule has 4 aliphatic rings. The van der Waals surface area contributed by atoms with Crippen LogP contribution in [0, 0.1) is 52.3 Å². The molecule has 0 radical (unpaired) electrons. The zero-order valence-electron chi connectivity index (χ0n) is 20.7. The minimum Gasteiger partial charge on any atom is -0.393 e. The van der Waals surface area contributed by atoms with Gasteiger partial charge in [0.2, 0.25) is 0 Å². The molecule has 3 fully saturated rings. The monoisotopic (exact) mass is 412 g/mol. The molecule has 0 aliphatic heterocycles. The number of aliphatic hydroxyl groups excluding tert-OH is 1. The van der Waals surface area contributed by atoms with Gasteiger partial charge in [-0.2, -0.15) is 0 Å². The quantitative estimate of drug-likeness (QED) is 0.457. The summed E-state index contributed by atoms with van der Waals surface area (Å²) in [5.74, 6) is 5.32. The van der Waals surface area contributed by atoms with Crippen molar-refractivity contribution in [2.24, 2.45) is 52.3 Å². The number of hydrogen-bond acceptors (Lipinski definition) is 1. The van der Waals surface area contributed by atoms with Crippen LogP contribution in [-0.4, -0.2) is 11.2 Å². The molecular weight excluding hydrogens is 364 g/mol. The van der Waals surface area contributed by atoms with Crippen LogP contribution < -0.4 is 0 Å². The lowest BCUT2D eigenvalue weighted by Crippen LogP contribution is -2.49. The van der Waals surface area contributed by atoms with E-state index in [9.17, 15) is 5.11 Å². The van der Waals surface area contributed by atoms with Gasteiger partial charge in [-0.05, 0) is 110 Å². The average molecular weight is 413 g/mol. The Hall–Kier alpha value is -0.560. The first kappa shape index (κ1) is 22.6. The molecule has 1 N–H and O–H groups in total. The van der Waals surface area contributed by atoms with Crippen LogP contribution in [0.5, 0.6) is 0 Å². The zero-order chi connectivity index (χ0) is 21.7. The molecule has 30 heavy (non-hydrogen) atoms. The second kappa shape index (κ2) is 8.42. The van der Waals surface area contributed by atoms with Crippen molar-refractivity contribution in [1.29, 1.82) is 0 Å². The third kappa shape index (κ3) is 3.66. The van der Waals surface area contributed by atoms with Gasteiger partial charge in [0, 0.05) is 0 Å². The fourth-order valence-corrected chi connectivity index (χ4v) is 8.68. The van der Waals surface area contributed by atoms with Gasteiger partial charge in [0.25, 0.3) is 0 Å². The maximum absolute atomic E-state index is 10.3. The van der Waals surface area contributed by atoms with E-state index >= 15 is 0 Å². The van der Waals surface area contributed by atoms with E-state index in [1.54, 1.807) is 0 Å². The normalized spacial score (nSPS) is 45.6.